The van der Waals surface area contributed by atoms with Gasteiger partial charge in [-0.15, -0.1) is 0 Å². The highest BCUT2D eigenvalue weighted by Crippen LogP contribution is 2.64. The summed E-state index contributed by atoms with van der Waals surface area (Å²) in [6.45, 7) is 8.12. The molecule has 39 heavy (non-hydrogen) atoms. The molecule has 0 aromatic carbocycles. The molecule has 11 nitrogen and oxygen atoms in total. The number of hydrogen-bond acceptors (Lipinski definition) is 6. The molecule has 0 radical (unpaired) electrons. The van der Waals surface area contributed by atoms with Crippen molar-refractivity contribution in [2.75, 3.05) is 13.1 Å². The van der Waals surface area contributed by atoms with Gasteiger partial charge in [0, 0.05) is 30.5 Å². The molecule has 0 aromatic rings. The first-order valence-corrected chi connectivity index (χ1v) is 14.5. The molecule has 3 aliphatic carbocycles. The number of Topliss-reactive ketones (excluding diaryl/α,β-unsaturated/α-hetero) is 1. The van der Waals surface area contributed by atoms with Crippen molar-refractivity contribution < 1.29 is 28.8 Å². The number of ketones is 1. The first kappa shape index (κ1) is 29.0. The fraction of sp³-hybridized carbons (Fsp3) is 0.786. The first-order chi connectivity index (χ1) is 18.4. The number of piperidine rings is 1. The number of carbonyl (C=O) groups is 6. The Morgan fingerprint density at radius 3 is 2.23 bits per heavy atom. The molecule has 2 aliphatic heterocycles. The lowest BCUT2D eigenvalue weighted by Crippen LogP contribution is -2.64. The zero-order valence-corrected chi connectivity index (χ0v) is 23.5. The molecule has 4 atom stereocenters. The summed E-state index contributed by atoms with van der Waals surface area (Å²) >= 11 is 0. The summed E-state index contributed by atoms with van der Waals surface area (Å²) in [4.78, 5) is 79.6. The van der Waals surface area contributed by atoms with E-state index in [0.717, 1.165) is 25.7 Å². The molecule has 1 unspecified atom stereocenters. The van der Waals surface area contributed by atoms with E-state index in [1.54, 1.807) is 13.8 Å². The maximum absolute atomic E-state index is 13.6. The Kier molecular flexibility index (Phi) is 8.66. The maximum Gasteiger partial charge on any atom is 0.289 e. The van der Waals surface area contributed by atoms with Crippen molar-refractivity contribution in [2.24, 2.45) is 23.2 Å². The fourth-order valence-electron chi connectivity index (χ4n) is 6.38. The topological polar surface area (TPSA) is 154 Å². The summed E-state index contributed by atoms with van der Waals surface area (Å²) in [5, 5.41) is 11.0. The van der Waals surface area contributed by atoms with Gasteiger partial charge in [0.15, 0.2) is 0 Å². The highest BCUT2D eigenvalue weighted by atomic mass is 16.2. The number of nitrogens with one attached hydrogen (secondary N) is 4. The highest BCUT2D eigenvalue weighted by Gasteiger charge is 2.61. The summed E-state index contributed by atoms with van der Waals surface area (Å²) in [7, 11) is 0. The van der Waals surface area contributed by atoms with Crippen LogP contribution >= 0.6 is 0 Å². The molecule has 2 heterocycles. The Morgan fingerprint density at radius 1 is 0.974 bits per heavy atom. The van der Waals surface area contributed by atoms with Crippen LogP contribution in [0.3, 0.4) is 0 Å². The third kappa shape index (κ3) is 6.11. The van der Waals surface area contributed by atoms with Crippen LogP contribution in [-0.2, 0) is 28.8 Å². The van der Waals surface area contributed by atoms with Crippen molar-refractivity contribution in [2.45, 2.75) is 103 Å². The van der Waals surface area contributed by atoms with Crippen molar-refractivity contribution in [1.82, 2.24) is 26.2 Å². The molecule has 5 rings (SSSR count). The number of amides is 5. The summed E-state index contributed by atoms with van der Waals surface area (Å²) < 4.78 is 0. The van der Waals surface area contributed by atoms with Crippen molar-refractivity contribution in [3.05, 3.63) is 0 Å². The number of hydrogen-bond donors (Lipinski definition) is 4. The van der Waals surface area contributed by atoms with Crippen LogP contribution in [0.2, 0.25) is 0 Å². The molecule has 0 aromatic heterocycles. The zero-order chi connectivity index (χ0) is 28.5. The quantitative estimate of drug-likeness (QED) is 0.276. The van der Waals surface area contributed by atoms with Gasteiger partial charge in [-0.2, -0.15) is 0 Å². The summed E-state index contributed by atoms with van der Waals surface area (Å²) in [5.41, 5.74) is -0.324. The molecule has 5 aliphatic rings. The minimum atomic E-state index is -1.19. The van der Waals surface area contributed by atoms with Crippen LogP contribution in [0.5, 0.6) is 0 Å². The van der Waals surface area contributed by atoms with E-state index < -0.39 is 41.6 Å². The standard InChI is InChI=1S/C28H43N5O6/c1-15(2)21(32-27(39)28-12-17(13-28)14-28)26(38)33-10-6-8-20(33)24(36)31-19(22(34)25(37)30-16(3)4)11-18-7-5-9-29-23(18)35/h15-21H,5-14H2,1-4H3,(H,29,35)(H,30,37)(H,31,36)(H,32,39)/t17?,18-,19-,20-,21?,28?/m0/s1. The van der Waals surface area contributed by atoms with Gasteiger partial charge in [-0.1, -0.05) is 13.8 Å². The second-order valence-electron chi connectivity index (χ2n) is 12.6. The van der Waals surface area contributed by atoms with Crippen LogP contribution in [0.15, 0.2) is 0 Å². The van der Waals surface area contributed by atoms with Gasteiger partial charge in [-0.3, -0.25) is 28.8 Å². The van der Waals surface area contributed by atoms with Gasteiger partial charge in [0.2, 0.25) is 29.4 Å². The average molecular weight is 546 g/mol. The molecule has 2 saturated heterocycles. The fourth-order valence-corrected chi connectivity index (χ4v) is 6.38. The zero-order valence-electron chi connectivity index (χ0n) is 23.5. The predicted octanol–water partition coefficient (Wildman–Crippen LogP) is 0.413. The van der Waals surface area contributed by atoms with E-state index in [4.69, 9.17) is 0 Å². The summed E-state index contributed by atoms with van der Waals surface area (Å²) in [6.07, 6.45) is 4.97. The Balaban J connectivity index is 1.45. The van der Waals surface area contributed by atoms with Crippen LogP contribution < -0.4 is 21.3 Å². The lowest BCUT2D eigenvalue weighted by atomic mass is 9.44. The van der Waals surface area contributed by atoms with Gasteiger partial charge in [0.1, 0.15) is 12.1 Å². The van der Waals surface area contributed by atoms with Crippen LogP contribution in [0.4, 0.5) is 0 Å². The van der Waals surface area contributed by atoms with Gasteiger partial charge < -0.3 is 26.2 Å². The molecule has 4 N–H and O–H groups in total. The third-order valence-electron chi connectivity index (χ3n) is 8.77. The molecule has 5 amide bonds. The SMILES string of the molecule is CC(C)NC(=O)C(=O)[C@H](C[C@@H]1CCCNC1=O)NC(=O)[C@@H]1CCCN1C(=O)C(NC(=O)C12CC(C1)C2)C(C)C. The van der Waals surface area contributed by atoms with Crippen LogP contribution in [0, 0.1) is 23.2 Å². The van der Waals surface area contributed by atoms with Gasteiger partial charge >= 0.3 is 0 Å². The molecule has 2 bridgehead atoms. The average Bonchev–Trinajstić information content (AvgIpc) is 3.30. The van der Waals surface area contributed by atoms with Gasteiger partial charge in [-0.05, 0) is 77.0 Å². The lowest BCUT2D eigenvalue weighted by Gasteiger charge is -2.60. The summed E-state index contributed by atoms with van der Waals surface area (Å²) in [5.74, 6) is -2.78. The van der Waals surface area contributed by atoms with Gasteiger partial charge in [0.05, 0.1) is 6.04 Å². The van der Waals surface area contributed by atoms with E-state index in [0.29, 0.717) is 38.3 Å². The number of carbonyl (C=O) groups excluding carboxylic acids is 6. The molecule has 5 fully saturated rings. The Hall–Kier alpha value is -2.98. The van der Waals surface area contributed by atoms with Crippen molar-refractivity contribution in [3.63, 3.8) is 0 Å². The van der Waals surface area contributed by atoms with Gasteiger partial charge in [-0.25, -0.2) is 0 Å². The Labute approximate surface area is 229 Å². The molecule has 3 saturated carbocycles. The molecular weight excluding hydrogens is 502 g/mol. The van der Waals surface area contributed by atoms with Crippen molar-refractivity contribution in [3.8, 4) is 0 Å². The molecule has 216 valence electrons. The summed E-state index contributed by atoms with van der Waals surface area (Å²) in [6, 6.07) is -3.03. The minimum absolute atomic E-state index is 0.0103. The normalized spacial score (nSPS) is 29.0. The van der Waals surface area contributed by atoms with E-state index in [2.05, 4.69) is 21.3 Å². The third-order valence-corrected chi connectivity index (χ3v) is 8.77. The van der Waals surface area contributed by atoms with Crippen molar-refractivity contribution >= 4 is 35.3 Å². The number of nitrogens with zero attached hydrogens (tertiary/aromatic N) is 1. The Morgan fingerprint density at radius 2 is 1.67 bits per heavy atom. The second-order valence-corrected chi connectivity index (χ2v) is 12.6. The lowest BCUT2D eigenvalue weighted by molar-refractivity contribution is -0.167. The van der Waals surface area contributed by atoms with E-state index in [9.17, 15) is 28.8 Å². The number of rotatable bonds is 11. The highest BCUT2D eigenvalue weighted by molar-refractivity contribution is 6.38. The monoisotopic (exact) mass is 545 g/mol. The predicted molar refractivity (Wildman–Crippen MR) is 142 cm³/mol. The van der Waals surface area contributed by atoms with Crippen molar-refractivity contribution in [1.29, 1.82) is 0 Å². The molecule has 0 spiro atoms. The molecule has 11 heteroatoms. The van der Waals surface area contributed by atoms with E-state index in [1.165, 1.54) is 4.90 Å². The van der Waals surface area contributed by atoms with E-state index in [-0.39, 0.29) is 41.5 Å². The smallest absolute Gasteiger partial charge is 0.289 e. The first-order valence-electron chi connectivity index (χ1n) is 14.5. The minimum Gasteiger partial charge on any atom is -0.356 e. The maximum atomic E-state index is 13.6. The largest absolute Gasteiger partial charge is 0.356 e. The van der Waals surface area contributed by atoms with Crippen LogP contribution in [0.25, 0.3) is 0 Å². The number of likely N-dealkylation sites (tertiary alicyclic amines) is 1. The van der Waals surface area contributed by atoms with Crippen LogP contribution in [0.1, 0.15) is 79.1 Å². The van der Waals surface area contributed by atoms with Crippen LogP contribution in [-0.4, -0.2) is 77.5 Å². The molecular formula is C28H43N5O6. The van der Waals surface area contributed by atoms with E-state index in [1.807, 2.05) is 13.8 Å². The second kappa shape index (κ2) is 11.6. The van der Waals surface area contributed by atoms with E-state index >= 15 is 0 Å². The van der Waals surface area contributed by atoms with Gasteiger partial charge in [0.25, 0.3) is 5.91 Å². The Bertz CT molecular complexity index is 1010.